The number of nitrogens with two attached hydrogens (primary N) is 1. The van der Waals surface area contributed by atoms with Crippen molar-refractivity contribution in [1.82, 2.24) is 4.90 Å². The van der Waals surface area contributed by atoms with Gasteiger partial charge in [0.2, 0.25) is 0 Å². The molecule has 0 bridgehead atoms. The number of likely N-dealkylation sites (tertiary alicyclic amines) is 1. The number of piperidine rings is 1. The molecule has 0 saturated carbocycles. The molecule has 2 nitrogen and oxygen atoms in total. The Bertz CT molecular complexity index is 367. The van der Waals surface area contributed by atoms with Gasteiger partial charge in [0.1, 0.15) is 0 Å². The standard InChI is InChI=1S/C13H21BrN2S2/c1-9-11(14)7-13(18-9)12(8-15)16-5-3-10(17-2)4-6-16/h7,10,12H,3-6,8,15H2,1-2H3. The Morgan fingerprint density at radius 3 is 2.67 bits per heavy atom. The molecule has 1 fully saturated rings. The summed E-state index contributed by atoms with van der Waals surface area (Å²) < 4.78 is 1.22. The van der Waals surface area contributed by atoms with Gasteiger partial charge < -0.3 is 5.73 Å². The average molecular weight is 349 g/mol. The molecule has 1 unspecified atom stereocenters. The van der Waals surface area contributed by atoms with Crippen molar-refractivity contribution in [2.45, 2.75) is 31.1 Å². The van der Waals surface area contributed by atoms with Crippen LogP contribution in [0.3, 0.4) is 0 Å². The summed E-state index contributed by atoms with van der Waals surface area (Å²) in [6, 6.07) is 2.65. The van der Waals surface area contributed by atoms with Gasteiger partial charge in [0.05, 0.1) is 6.04 Å². The molecule has 1 aliphatic heterocycles. The van der Waals surface area contributed by atoms with Gasteiger partial charge in [-0.1, -0.05) is 0 Å². The lowest BCUT2D eigenvalue weighted by atomic mass is 10.1. The number of rotatable bonds is 4. The van der Waals surface area contributed by atoms with Crippen molar-refractivity contribution in [2.24, 2.45) is 5.73 Å². The van der Waals surface area contributed by atoms with Crippen LogP contribution < -0.4 is 5.73 Å². The summed E-state index contributed by atoms with van der Waals surface area (Å²) in [5.74, 6) is 0. The zero-order valence-electron chi connectivity index (χ0n) is 11.0. The van der Waals surface area contributed by atoms with Gasteiger partial charge in [0.25, 0.3) is 0 Å². The molecule has 0 radical (unpaired) electrons. The summed E-state index contributed by atoms with van der Waals surface area (Å²) in [7, 11) is 0. The van der Waals surface area contributed by atoms with E-state index in [2.05, 4.69) is 40.1 Å². The molecule has 102 valence electrons. The lowest BCUT2D eigenvalue weighted by Gasteiger charge is -2.36. The molecule has 1 aromatic rings. The number of thioether (sulfide) groups is 1. The van der Waals surface area contributed by atoms with E-state index in [-0.39, 0.29) is 0 Å². The average Bonchev–Trinajstić information content (AvgIpc) is 2.71. The van der Waals surface area contributed by atoms with Crippen LogP contribution in [0.5, 0.6) is 0 Å². The van der Waals surface area contributed by atoms with E-state index in [1.807, 2.05) is 23.1 Å². The molecule has 18 heavy (non-hydrogen) atoms. The molecule has 1 saturated heterocycles. The Morgan fingerprint density at radius 2 is 2.22 bits per heavy atom. The van der Waals surface area contributed by atoms with Gasteiger partial charge in [-0.05, 0) is 61.1 Å². The molecule has 1 aromatic heterocycles. The lowest BCUT2D eigenvalue weighted by Crippen LogP contribution is -2.40. The highest BCUT2D eigenvalue weighted by atomic mass is 79.9. The largest absolute Gasteiger partial charge is 0.329 e. The third-order valence-corrected chi connectivity index (χ3v) is 7.05. The summed E-state index contributed by atoms with van der Waals surface area (Å²) in [6.45, 7) is 5.24. The number of halogens is 1. The minimum Gasteiger partial charge on any atom is -0.329 e. The summed E-state index contributed by atoms with van der Waals surface area (Å²) in [5, 5.41) is 0.844. The van der Waals surface area contributed by atoms with Crippen LogP contribution in [0.15, 0.2) is 10.5 Å². The minimum absolute atomic E-state index is 0.405. The first-order valence-electron chi connectivity index (χ1n) is 6.38. The van der Waals surface area contributed by atoms with Gasteiger partial charge in [0.15, 0.2) is 0 Å². The van der Waals surface area contributed by atoms with Crippen molar-refractivity contribution in [3.05, 3.63) is 20.3 Å². The first kappa shape index (κ1) is 14.9. The Labute approximate surface area is 126 Å². The SMILES string of the molecule is CSC1CCN(C(CN)c2cc(Br)c(C)s2)CC1. The fourth-order valence-electron chi connectivity index (χ4n) is 2.51. The predicted molar refractivity (Wildman–Crippen MR) is 86.7 cm³/mol. The van der Waals surface area contributed by atoms with Crippen molar-refractivity contribution in [3.63, 3.8) is 0 Å². The second kappa shape index (κ2) is 6.75. The molecular weight excluding hydrogens is 328 g/mol. The Hall–Kier alpha value is 0.450. The third kappa shape index (κ3) is 3.31. The van der Waals surface area contributed by atoms with E-state index in [0.717, 1.165) is 11.8 Å². The molecule has 0 amide bonds. The van der Waals surface area contributed by atoms with Crippen LogP contribution in [0, 0.1) is 6.92 Å². The summed E-state index contributed by atoms with van der Waals surface area (Å²) >= 11 is 7.49. The molecule has 2 heterocycles. The van der Waals surface area contributed by atoms with Gasteiger partial charge >= 0.3 is 0 Å². The van der Waals surface area contributed by atoms with Crippen LogP contribution in [-0.2, 0) is 0 Å². The Balaban J connectivity index is 2.05. The predicted octanol–water partition coefficient (Wildman–Crippen LogP) is 3.65. The maximum atomic E-state index is 6.01. The van der Waals surface area contributed by atoms with E-state index >= 15 is 0 Å². The summed E-state index contributed by atoms with van der Waals surface area (Å²) in [6.07, 6.45) is 4.81. The van der Waals surface area contributed by atoms with Crippen LogP contribution >= 0.6 is 39.0 Å². The topological polar surface area (TPSA) is 29.3 Å². The van der Waals surface area contributed by atoms with E-state index in [1.54, 1.807) is 0 Å². The zero-order chi connectivity index (χ0) is 13.1. The monoisotopic (exact) mass is 348 g/mol. The quantitative estimate of drug-likeness (QED) is 0.900. The van der Waals surface area contributed by atoms with Crippen molar-refractivity contribution in [3.8, 4) is 0 Å². The Kier molecular flexibility index (Phi) is 5.57. The normalized spacial score (nSPS) is 20.2. The van der Waals surface area contributed by atoms with Crippen LogP contribution in [0.1, 0.15) is 28.6 Å². The van der Waals surface area contributed by atoms with E-state index in [9.17, 15) is 0 Å². The lowest BCUT2D eigenvalue weighted by molar-refractivity contribution is 0.173. The van der Waals surface area contributed by atoms with Crippen molar-refractivity contribution in [2.75, 3.05) is 25.9 Å². The smallest absolute Gasteiger partial charge is 0.0564 e. The van der Waals surface area contributed by atoms with Crippen LogP contribution in [0.25, 0.3) is 0 Å². The number of nitrogens with zero attached hydrogens (tertiary/aromatic N) is 1. The maximum Gasteiger partial charge on any atom is 0.0564 e. The highest BCUT2D eigenvalue weighted by molar-refractivity contribution is 9.10. The van der Waals surface area contributed by atoms with Gasteiger partial charge in [-0.2, -0.15) is 11.8 Å². The molecule has 0 aromatic carbocycles. The third-order valence-electron chi connectivity index (χ3n) is 3.68. The molecule has 2 rings (SSSR count). The number of aryl methyl sites for hydroxylation is 1. The molecule has 0 aliphatic carbocycles. The van der Waals surface area contributed by atoms with Gasteiger partial charge in [-0.3, -0.25) is 4.90 Å². The fraction of sp³-hybridized carbons (Fsp3) is 0.692. The molecule has 5 heteroatoms. The summed E-state index contributed by atoms with van der Waals surface area (Å²) in [5.41, 5.74) is 6.01. The number of hydrogen-bond donors (Lipinski definition) is 1. The fourth-order valence-corrected chi connectivity index (χ4v) is 4.91. The van der Waals surface area contributed by atoms with Crippen LogP contribution in [0.4, 0.5) is 0 Å². The molecule has 2 N–H and O–H groups in total. The molecule has 1 aliphatic rings. The highest BCUT2D eigenvalue weighted by Crippen LogP contribution is 2.35. The summed E-state index contributed by atoms with van der Waals surface area (Å²) in [4.78, 5) is 5.32. The second-order valence-corrected chi connectivity index (χ2v) is 8.06. The van der Waals surface area contributed by atoms with Crippen LogP contribution in [-0.4, -0.2) is 36.0 Å². The van der Waals surface area contributed by atoms with Gasteiger partial charge in [-0.15, -0.1) is 11.3 Å². The zero-order valence-corrected chi connectivity index (χ0v) is 14.2. The van der Waals surface area contributed by atoms with Crippen molar-refractivity contribution in [1.29, 1.82) is 0 Å². The Morgan fingerprint density at radius 1 is 1.56 bits per heavy atom. The first-order valence-corrected chi connectivity index (χ1v) is 9.28. The van der Waals surface area contributed by atoms with E-state index in [4.69, 9.17) is 5.73 Å². The van der Waals surface area contributed by atoms with Gasteiger partial charge in [-0.25, -0.2) is 0 Å². The number of hydrogen-bond acceptors (Lipinski definition) is 4. The van der Waals surface area contributed by atoms with E-state index < -0.39 is 0 Å². The van der Waals surface area contributed by atoms with Crippen LogP contribution in [0.2, 0.25) is 0 Å². The van der Waals surface area contributed by atoms with E-state index in [1.165, 1.54) is 40.2 Å². The maximum absolute atomic E-state index is 6.01. The molecule has 0 spiro atoms. The van der Waals surface area contributed by atoms with Gasteiger partial charge in [0, 0.05) is 26.0 Å². The second-order valence-electron chi connectivity index (χ2n) is 4.78. The van der Waals surface area contributed by atoms with E-state index in [0.29, 0.717) is 6.04 Å². The van der Waals surface area contributed by atoms with Crippen molar-refractivity contribution >= 4 is 39.0 Å². The molecular formula is C13H21BrN2S2. The van der Waals surface area contributed by atoms with Crippen molar-refractivity contribution < 1.29 is 0 Å². The first-order chi connectivity index (χ1) is 8.65. The highest BCUT2D eigenvalue weighted by Gasteiger charge is 2.26. The number of thiophene rings is 1. The molecule has 1 atom stereocenters. The minimum atomic E-state index is 0.405.